The van der Waals surface area contributed by atoms with Crippen LogP contribution in [0.25, 0.3) is 0 Å². The van der Waals surface area contributed by atoms with Gasteiger partial charge in [-0.3, -0.25) is 14.9 Å². The number of amides is 2. The molecule has 0 aromatic heterocycles. The van der Waals surface area contributed by atoms with E-state index in [1.54, 1.807) is 0 Å². The molecule has 150 valence electrons. The van der Waals surface area contributed by atoms with Crippen molar-refractivity contribution in [3.63, 3.8) is 0 Å². The highest BCUT2D eigenvalue weighted by Gasteiger charge is 2.43. The summed E-state index contributed by atoms with van der Waals surface area (Å²) in [5.74, 6) is -0.680. The minimum atomic E-state index is -0.343. The number of ether oxygens (including phenoxy) is 2. The molecule has 3 fully saturated rings. The summed E-state index contributed by atoms with van der Waals surface area (Å²) in [7, 11) is 0. The third-order valence-electron chi connectivity index (χ3n) is 6.64. The Hall–Kier alpha value is -2.12. The summed E-state index contributed by atoms with van der Waals surface area (Å²) >= 11 is 0. The number of benzene rings is 1. The first-order valence-electron chi connectivity index (χ1n) is 10.4. The minimum Gasteiger partial charge on any atom is -0.365 e. The summed E-state index contributed by atoms with van der Waals surface area (Å²) in [5.41, 5.74) is 2.28. The van der Waals surface area contributed by atoms with Crippen LogP contribution in [0.1, 0.15) is 38.5 Å². The fourth-order valence-corrected chi connectivity index (χ4v) is 5.23. The van der Waals surface area contributed by atoms with Gasteiger partial charge in [0, 0.05) is 38.4 Å². The van der Waals surface area contributed by atoms with Crippen LogP contribution < -0.4 is 15.1 Å². The topological polar surface area (TPSA) is 71.1 Å². The Labute approximate surface area is 165 Å². The SMILES string of the molecule is O=C1CC[C@H](N2CCN(C3CCC4(CC3)OCCO4)c3ccccc32)C(=O)N1. The molecule has 28 heavy (non-hydrogen) atoms. The Morgan fingerprint density at radius 2 is 1.57 bits per heavy atom. The van der Waals surface area contributed by atoms with Gasteiger partial charge in [-0.1, -0.05) is 12.1 Å². The molecule has 0 unspecified atom stereocenters. The maximum atomic E-state index is 12.4. The highest BCUT2D eigenvalue weighted by Crippen LogP contribution is 2.42. The number of imide groups is 1. The second kappa shape index (κ2) is 7.04. The van der Waals surface area contributed by atoms with E-state index in [1.165, 1.54) is 5.69 Å². The number of nitrogens with zero attached hydrogens (tertiary/aromatic N) is 2. The first kappa shape index (κ1) is 17.9. The average molecular weight is 385 g/mol. The third kappa shape index (κ3) is 3.06. The van der Waals surface area contributed by atoms with E-state index in [1.807, 2.05) is 6.07 Å². The molecule has 7 nitrogen and oxygen atoms in total. The number of carbonyl (C=O) groups is 2. The molecule has 1 saturated carbocycles. The van der Waals surface area contributed by atoms with E-state index in [9.17, 15) is 9.59 Å². The van der Waals surface area contributed by atoms with E-state index < -0.39 is 0 Å². The van der Waals surface area contributed by atoms with Crippen molar-refractivity contribution in [2.24, 2.45) is 0 Å². The van der Waals surface area contributed by atoms with Crippen LogP contribution in [0.3, 0.4) is 0 Å². The van der Waals surface area contributed by atoms with E-state index in [0.29, 0.717) is 32.1 Å². The number of carbonyl (C=O) groups excluding carboxylic acids is 2. The summed E-state index contributed by atoms with van der Waals surface area (Å²) in [6.07, 6.45) is 4.96. The van der Waals surface area contributed by atoms with Gasteiger partial charge >= 0.3 is 0 Å². The van der Waals surface area contributed by atoms with Crippen LogP contribution in [0.2, 0.25) is 0 Å². The van der Waals surface area contributed by atoms with Crippen molar-refractivity contribution in [3.05, 3.63) is 24.3 Å². The number of hydrogen-bond donors (Lipinski definition) is 1. The Morgan fingerprint density at radius 1 is 0.929 bits per heavy atom. The van der Waals surface area contributed by atoms with Crippen molar-refractivity contribution in [2.45, 2.75) is 56.4 Å². The first-order chi connectivity index (χ1) is 13.7. The molecule has 2 amide bonds. The molecule has 1 aliphatic carbocycles. The van der Waals surface area contributed by atoms with Crippen molar-refractivity contribution in [1.82, 2.24) is 5.32 Å². The number of fused-ring (bicyclic) bond motifs is 1. The number of anilines is 2. The molecule has 0 bridgehead atoms. The molecule has 7 heteroatoms. The Morgan fingerprint density at radius 3 is 2.25 bits per heavy atom. The quantitative estimate of drug-likeness (QED) is 0.783. The summed E-state index contributed by atoms with van der Waals surface area (Å²) in [5, 5.41) is 2.50. The lowest BCUT2D eigenvalue weighted by atomic mass is 9.88. The van der Waals surface area contributed by atoms with Gasteiger partial charge in [-0.2, -0.15) is 0 Å². The van der Waals surface area contributed by atoms with Gasteiger partial charge in [0.15, 0.2) is 5.79 Å². The maximum Gasteiger partial charge on any atom is 0.249 e. The van der Waals surface area contributed by atoms with Crippen molar-refractivity contribution in [1.29, 1.82) is 0 Å². The van der Waals surface area contributed by atoms with E-state index >= 15 is 0 Å². The van der Waals surface area contributed by atoms with Crippen LogP contribution in [-0.2, 0) is 19.1 Å². The predicted octanol–water partition coefficient (Wildman–Crippen LogP) is 1.80. The van der Waals surface area contributed by atoms with Gasteiger partial charge in [0.05, 0.1) is 24.6 Å². The Bertz CT molecular complexity index is 767. The molecule has 0 radical (unpaired) electrons. The number of nitrogens with one attached hydrogen (secondary N) is 1. The zero-order valence-corrected chi connectivity index (χ0v) is 16.1. The molecule has 1 aromatic rings. The highest BCUT2D eigenvalue weighted by molar-refractivity contribution is 6.02. The van der Waals surface area contributed by atoms with Gasteiger partial charge in [-0.25, -0.2) is 0 Å². The zero-order chi connectivity index (χ0) is 19.1. The number of hydrogen-bond acceptors (Lipinski definition) is 6. The Balaban J connectivity index is 1.35. The van der Waals surface area contributed by atoms with Gasteiger partial charge in [0.25, 0.3) is 0 Å². The van der Waals surface area contributed by atoms with E-state index in [0.717, 1.165) is 44.5 Å². The van der Waals surface area contributed by atoms with Gasteiger partial charge in [0.2, 0.25) is 11.8 Å². The Kier molecular flexibility index (Phi) is 4.51. The fraction of sp³-hybridized carbons (Fsp3) is 0.619. The van der Waals surface area contributed by atoms with Crippen molar-refractivity contribution < 1.29 is 19.1 Å². The van der Waals surface area contributed by atoms with E-state index in [2.05, 4.69) is 33.3 Å². The number of para-hydroxylation sites is 2. The lowest BCUT2D eigenvalue weighted by molar-refractivity contribution is -0.178. The number of rotatable bonds is 2. The summed E-state index contributed by atoms with van der Waals surface area (Å²) < 4.78 is 11.8. The van der Waals surface area contributed by atoms with Crippen LogP contribution in [-0.4, -0.2) is 56.0 Å². The second-order valence-corrected chi connectivity index (χ2v) is 8.18. The van der Waals surface area contributed by atoms with Crippen molar-refractivity contribution in [3.8, 4) is 0 Å². The monoisotopic (exact) mass is 385 g/mol. The predicted molar refractivity (Wildman–Crippen MR) is 104 cm³/mol. The maximum absolute atomic E-state index is 12.4. The smallest absolute Gasteiger partial charge is 0.249 e. The summed E-state index contributed by atoms with van der Waals surface area (Å²) in [4.78, 5) is 28.6. The molecule has 1 N–H and O–H groups in total. The van der Waals surface area contributed by atoms with Gasteiger partial charge in [-0.05, 0) is 31.4 Å². The standard InChI is InChI=1S/C21H27N3O4/c25-19-6-5-18(20(26)22-19)24-12-11-23(16-3-1-2-4-17(16)24)15-7-9-21(10-8-15)27-13-14-28-21/h1-4,15,18H,5-14H2,(H,22,25,26)/t18-/m0/s1. The van der Waals surface area contributed by atoms with Crippen LogP contribution in [0, 0.1) is 0 Å². The van der Waals surface area contributed by atoms with Crippen LogP contribution in [0.5, 0.6) is 0 Å². The zero-order valence-electron chi connectivity index (χ0n) is 16.1. The summed E-state index contributed by atoms with van der Waals surface area (Å²) in [6.45, 7) is 3.09. The molecule has 1 atom stereocenters. The molecular formula is C21H27N3O4. The van der Waals surface area contributed by atoms with Crippen LogP contribution >= 0.6 is 0 Å². The average Bonchev–Trinajstić information content (AvgIpc) is 3.16. The van der Waals surface area contributed by atoms with E-state index in [4.69, 9.17) is 9.47 Å². The molecule has 3 heterocycles. The lowest BCUT2D eigenvalue weighted by Crippen LogP contribution is -2.57. The number of piperidine rings is 1. The molecule has 2 saturated heterocycles. The molecule has 5 rings (SSSR count). The van der Waals surface area contributed by atoms with Crippen molar-refractivity contribution >= 4 is 23.2 Å². The lowest BCUT2D eigenvalue weighted by Gasteiger charge is -2.47. The largest absolute Gasteiger partial charge is 0.365 e. The molecular weight excluding hydrogens is 358 g/mol. The molecule has 1 aromatic carbocycles. The van der Waals surface area contributed by atoms with Crippen LogP contribution in [0.15, 0.2) is 24.3 Å². The third-order valence-corrected chi connectivity index (χ3v) is 6.64. The van der Waals surface area contributed by atoms with E-state index in [-0.39, 0.29) is 23.6 Å². The van der Waals surface area contributed by atoms with Crippen molar-refractivity contribution in [2.75, 3.05) is 36.1 Å². The van der Waals surface area contributed by atoms with Gasteiger partial charge in [-0.15, -0.1) is 0 Å². The highest BCUT2D eigenvalue weighted by atomic mass is 16.7. The van der Waals surface area contributed by atoms with Gasteiger partial charge in [0.1, 0.15) is 6.04 Å². The first-order valence-corrected chi connectivity index (χ1v) is 10.4. The normalized spacial score (nSPS) is 27.8. The fourth-order valence-electron chi connectivity index (χ4n) is 5.23. The second-order valence-electron chi connectivity index (χ2n) is 8.18. The summed E-state index contributed by atoms with van der Waals surface area (Å²) in [6, 6.07) is 8.53. The van der Waals surface area contributed by atoms with Crippen LogP contribution in [0.4, 0.5) is 11.4 Å². The van der Waals surface area contributed by atoms with Gasteiger partial charge < -0.3 is 19.3 Å². The molecule has 1 spiro atoms. The molecule has 4 aliphatic rings. The molecule has 3 aliphatic heterocycles. The minimum absolute atomic E-state index is 0.166.